The first-order valence-corrected chi connectivity index (χ1v) is 11.7. The third-order valence-electron chi connectivity index (χ3n) is 7.15. The number of rotatable bonds is 7. The lowest BCUT2D eigenvalue weighted by Gasteiger charge is -2.37. The molecule has 2 heterocycles. The number of carbonyl (C=O) groups excluding carboxylic acids is 2. The van der Waals surface area contributed by atoms with E-state index in [4.69, 9.17) is 4.74 Å². The van der Waals surface area contributed by atoms with Crippen molar-refractivity contribution in [3.8, 4) is 5.75 Å². The van der Waals surface area contributed by atoms with Gasteiger partial charge in [-0.1, -0.05) is 13.8 Å². The number of carbonyl (C=O) groups is 2. The summed E-state index contributed by atoms with van der Waals surface area (Å²) < 4.78 is 20.2. The molecule has 1 aromatic carbocycles. The average Bonchev–Trinajstić information content (AvgIpc) is 3.35. The molecule has 0 N–H and O–H groups in total. The number of imide groups is 1. The Bertz CT molecular complexity index is 790. The first kappa shape index (κ1) is 24.8. The third kappa shape index (κ3) is 5.37. The molecule has 2 amide bonds. The van der Waals surface area contributed by atoms with Gasteiger partial charge in [0.1, 0.15) is 11.6 Å². The molecule has 6 nitrogen and oxygen atoms in total. The molecule has 0 aromatic heterocycles. The number of halogens is 2. The monoisotopic (exact) mass is 467 g/mol. The number of ether oxygens (including phenoxy) is 1. The SMILES string of the molecule is CC1C(=O)N(CCCN2CCN(c3cc(F)ccc3OC3CCCC3)CC2)C(=O)C1C.Cl. The number of benzene rings is 1. The van der Waals surface area contributed by atoms with Crippen LogP contribution >= 0.6 is 12.4 Å². The molecule has 2 saturated heterocycles. The van der Waals surface area contributed by atoms with Crippen molar-refractivity contribution in [1.29, 1.82) is 0 Å². The largest absolute Gasteiger partial charge is 0.488 e. The van der Waals surface area contributed by atoms with Crippen molar-refractivity contribution >= 4 is 29.9 Å². The van der Waals surface area contributed by atoms with Crippen molar-refractivity contribution in [1.82, 2.24) is 9.80 Å². The highest BCUT2D eigenvalue weighted by Crippen LogP contribution is 2.33. The standard InChI is InChI=1S/C24H34FN3O3.ClH/c1-17-18(2)24(30)28(23(17)29)11-5-10-26-12-14-27(15-13-26)21-16-19(25)8-9-22(21)31-20-6-3-4-7-20;/h8-9,16-18,20H,3-7,10-15H2,1-2H3;1H. The molecule has 1 aromatic rings. The van der Waals surface area contributed by atoms with Gasteiger partial charge in [0.15, 0.2) is 0 Å². The first-order chi connectivity index (χ1) is 14.9. The molecule has 3 fully saturated rings. The van der Waals surface area contributed by atoms with Crippen LogP contribution < -0.4 is 9.64 Å². The van der Waals surface area contributed by atoms with Gasteiger partial charge in [-0.05, 0) is 50.8 Å². The van der Waals surface area contributed by atoms with E-state index in [-0.39, 0.29) is 48.0 Å². The van der Waals surface area contributed by atoms with Crippen LogP contribution in [0, 0.1) is 17.7 Å². The fourth-order valence-corrected chi connectivity index (χ4v) is 4.94. The number of piperazine rings is 1. The minimum absolute atomic E-state index is 0. The molecule has 2 atom stereocenters. The van der Waals surface area contributed by atoms with Crippen molar-refractivity contribution in [3.63, 3.8) is 0 Å². The van der Waals surface area contributed by atoms with Gasteiger partial charge in [0.25, 0.3) is 0 Å². The maximum atomic E-state index is 14.0. The van der Waals surface area contributed by atoms with Crippen LogP contribution in [0.3, 0.4) is 0 Å². The van der Waals surface area contributed by atoms with Crippen LogP contribution in [0.15, 0.2) is 18.2 Å². The maximum Gasteiger partial charge on any atom is 0.232 e. The summed E-state index contributed by atoms with van der Waals surface area (Å²) in [7, 11) is 0. The molecule has 2 aliphatic heterocycles. The Morgan fingerprint density at radius 3 is 2.22 bits per heavy atom. The van der Waals surface area contributed by atoms with E-state index >= 15 is 0 Å². The zero-order valence-electron chi connectivity index (χ0n) is 19.1. The molecule has 0 bridgehead atoms. The molecule has 178 valence electrons. The van der Waals surface area contributed by atoms with Crippen LogP contribution in [0.2, 0.25) is 0 Å². The second kappa shape index (κ2) is 10.8. The average molecular weight is 468 g/mol. The summed E-state index contributed by atoms with van der Waals surface area (Å²) in [5.74, 6) is 0.0630. The number of anilines is 1. The number of hydrogen-bond donors (Lipinski definition) is 0. The molecule has 0 spiro atoms. The summed E-state index contributed by atoms with van der Waals surface area (Å²) in [6.45, 7) is 8.36. The summed E-state index contributed by atoms with van der Waals surface area (Å²) in [5.41, 5.74) is 0.850. The van der Waals surface area contributed by atoms with E-state index in [1.807, 2.05) is 13.8 Å². The van der Waals surface area contributed by atoms with Crippen molar-refractivity contribution in [2.75, 3.05) is 44.2 Å². The quantitative estimate of drug-likeness (QED) is 0.572. The van der Waals surface area contributed by atoms with Crippen molar-refractivity contribution in [2.24, 2.45) is 11.8 Å². The van der Waals surface area contributed by atoms with E-state index in [1.165, 1.54) is 23.8 Å². The summed E-state index contributed by atoms with van der Waals surface area (Å²) in [4.78, 5) is 30.5. The van der Waals surface area contributed by atoms with Gasteiger partial charge in [0.2, 0.25) is 11.8 Å². The minimum Gasteiger partial charge on any atom is -0.488 e. The maximum absolute atomic E-state index is 14.0. The van der Waals surface area contributed by atoms with E-state index in [1.54, 1.807) is 12.1 Å². The van der Waals surface area contributed by atoms with E-state index in [0.717, 1.165) is 63.4 Å². The Hall–Kier alpha value is -1.86. The Morgan fingerprint density at radius 1 is 0.969 bits per heavy atom. The number of amides is 2. The van der Waals surface area contributed by atoms with Crippen molar-refractivity contribution in [2.45, 2.75) is 52.1 Å². The van der Waals surface area contributed by atoms with Gasteiger partial charge in [-0.3, -0.25) is 19.4 Å². The number of nitrogens with zero attached hydrogens (tertiary/aromatic N) is 3. The third-order valence-corrected chi connectivity index (χ3v) is 7.15. The van der Waals surface area contributed by atoms with Gasteiger partial charge in [-0.2, -0.15) is 0 Å². The summed E-state index contributed by atoms with van der Waals surface area (Å²) in [5, 5.41) is 0. The van der Waals surface area contributed by atoms with Crippen molar-refractivity contribution < 1.29 is 18.7 Å². The van der Waals surface area contributed by atoms with Crippen LogP contribution in [0.5, 0.6) is 5.75 Å². The molecule has 32 heavy (non-hydrogen) atoms. The highest BCUT2D eigenvalue weighted by atomic mass is 35.5. The summed E-state index contributed by atoms with van der Waals surface area (Å²) >= 11 is 0. The molecule has 1 aliphatic carbocycles. The summed E-state index contributed by atoms with van der Waals surface area (Å²) in [6, 6.07) is 4.83. The zero-order valence-corrected chi connectivity index (χ0v) is 19.9. The minimum atomic E-state index is -0.236. The Morgan fingerprint density at radius 2 is 1.59 bits per heavy atom. The highest BCUT2D eigenvalue weighted by Gasteiger charge is 2.41. The van der Waals surface area contributed by atoms with E-state index in [0.29, 0.717) is 6.54 Å². The van der Waals surface area contributed by atoms with Crippen LogP contribution in [-0.2, 0) is 9.59 Å². The Labute approximate surface area is 196 Å². The van der Waals surface area contributed by atoms with Crippen LogP contribution in [-0.4, -0.2) is 67.0 Å². The molecule has 4 rings (SSSR count). The highest BCUT2D eigenvalue weighted by molar-refractivity contribution is 6.04. The van der Waals surface area contributed by atoms with Gasteiger partial charge in [0.05, 0.1) is 11.8 Å². The van der Waals surface area contributed by atoms with Gasteiger partial charge in [-0.25, -0.2) is 4.39 Å². The number of likely N-dealkylation sites (tertiary alicyclic amines) is 1. The number of hydrogen-bond acceptors (Lipinski definition) is 5. The van der Waals surface area contributed by atoms with Crippen LogP contribution in [0.25, 0.3) is 0 Å². The normalized spacial score (nSPS) is 24.8. The van der Waals surface area contributed by atoms with Crippen molar-refractivity contribution in [3.05, 3.63) is 24.0 Å². The van der Waals surface area contributed by atoms with E-state index in [2.05, 4.69) is 9.80 Å². The lowest BCUT2D eigenvalue weighted by Crippen LogP contribution is -2.47. The first-order valence-electron chi connectivity index (χ1n) is 11.7. The van der Waals surface area contributed by atoms with E-state index < -0.39 is 0 Å². The van der Waals surface area contributed by atoms with Gasteiger partial charge >= 0.3 is 0 Å². The fourth-order valence-electron chi connectivity index (χ4n) is 4.94. The predicted molar refractivity (Wildman–Crippen MR) is 125 cm³/mol. The lowest BCUT2D eigenvalue weighted by atomic mass is 10.00. The topological polar surface area (TPSA) is 53.1 Å². The Kier molecular flexibility index (Phi) is 8.39. The zero-order chi connectivity index (χ0) is 22.0. The van der Waals surface area contributed by atoms with Gasteiger partial charge in [0, 0.05) is 50.6 Å². The van der Waals surface area contributed by atoms with Crippen LogP contribution in [0.1, 0.15) is 46.0 Å². The molecular weight excluding hydrogens is 433 g/mol. The molecule has 8 heteroatoms. The van der Waals surface area contributed by atoms with Crippen LogP contribution in [0.4, 0.5) is 10.1 Å². The molecule has 3 aliphatic rings. The van der Waals surface area contributed by atoms with Gasteiger partial charge in [-0.15, -0.1) is 12.4 Å². The molecular formula is C24H35ClFN3O3. The fraction of sp³-hybridized carbons (Fsp3) is 0.667. The second-order valence-electron chi connectivity index (χ2n) is 9.22. The smallest absolute Gasteiger partial charge is 0.232 e. The molecule has 0 radical (unpaired) electrons. The van der Waals surface area contributed by atoms with Gasteiger partial charge < -0.3 is 9.64 Å². The van der Waals surface area contributed by atoms with E-state index in [9.17, 15) is 14.0 Å². The molecule has 2 unspecified atom stereocenters. The predicted octanol–water partition coefficient (Wildman–Crippen LogP) is 3.72. The Balaban J connectivity index is 0.00000289. The summed E-state index contributed by atoms with van der Waals surface area (Å²) in [6.07, 6.45) is 5.58. The molecule has 1 saturated carbocycles. The second-order valence-corrected chi connectivity index (χ2v) is 9.22. The lowest BCUT2D eigenvalue weighted by molar-refractivity contribution is -0.139.